The van der Waals surface area contributed by atoms with Crippen LogP contribution in [0.25, 0.3) is 0 Å². The fraction of sp³-hybridized carbons (Fsp3) is 0.718. The topological polar surface area (TPSA) is 134 Å². The fourth-order valence-corrected chi connectivity index (χ4v) is 10.0. The van der Waals surface area contributed by atoms with Crippen molar-refractivity contribution >= 4 is 19.8 Å². The van der Waals surface area contributed by atoms with Crippen LogP contribution in [0.2, 0.25) is 0 Å². The lowest BCUT2D eigenvalue weighted by atomic mass is 10.0. The van der Waals surface area contributed by atoms with E-state index in [1.54, 1.807) is 0 Å². The zero-order valence-electron chi connectivity index (χ0n) is 52.2. The third-order valence-corrected chi connectivity index (χ3v) is 15.1. The summed E-state index contributed by atoms with van der Waals surface area (Å²) in [5.41, 5.74) is 5.40. The van der Waals surface area contributed by atoms with E-state index in [0.717, 1.165) is 89.9 Å². The van der Waals surface area contributed by atoms with E-state index in [-0.39, 0.29) is 38.6 Å². The highest BCUT2D eigenvalue weighted by Crippen LogP contribution is 2.43. The van der Waals surface area contributed by atoms with Crippen molar-refractivity contribution in [3.8, 4) is 0 Å². The molecule has 0 aliphatic heterocycles. The first kappa shape index (κ1) is 77.7. The Kier molecular flexibility index (Phi) is 63.1. The van der Waals surface area contributed by atoms with Gasteiger partial charge in [-0.3, -0.25) is 18.6 Å². The maximum Gasteiger partial charge on any atom is 0.472 e. The van der Waals surface area contributed by atoms with Gasteiger partial charge in [0.1, 0.15) is 6.61 Å². The van der Waals surface area contributed by atoms with Gasteiger partial charge in [0.05, 0.1) is 13.2 Å². The van der Waals surface area contributed by atoms with Crippen molar-refractivity contribution in [2.75, 3.05) is 26.4 Å². The molecule has 0 bridgehead atoms. The molecule has 0 fully saturated rings. The largest absolute Gasteiger partial charge is 0.472 e. The molecule has 0 aromatic rings. The maximum absolute atomic E-state index is 12.8. The van der Waals surface area contributed by atoms with Crippen LogP contribution < -0.4 is 5.73 Å². The van der Waals surface area contributed by atoms with Gasteiger partial charge in [0.2, 0.25) is 0 Å². The van der Waals surface area contributed by atoms with Crippen molar-refractivity contribution in [1.29, 1.82) is 0 Å². The van der Waals surface area contributed by atoms with E-state index in [4.69, 9.17) is 24.3 Å². The molecule has 0 saturated carbocycles. The predicted octanol–water partition coefficient (Wildman–Crippen LogP) is 21.7. The van der Waals surface area contributed by atoms with Gasteiger partial charge in [-0.1, -0.05) is 290 Å². The quantitative estimate of drug-likeness (QED) is 0.0264. The number of hydrogen-bond acceptors (Lipinski definition) is 8. The molecule has 0 rings (SSSR count). The number of allylic oxidation sites excluding steroid dienone is 18. The number of carbonyl (C=O) groups is 2. The molecule has 81 heavy (non-hydrogen) atoms. The highest BCUT2D eigenvalue weighted by atomic mass is 31.2. The molecular weight excluding hydrogens is 1030 g/mol. The lowest BCUT2D eigenvalue weighted by Gasteiger charge is -2.19. The Hall–Kier alpha value is -3.33. The maximum atomic E-state index is 12.8. The van der Waals surface area contributed by atoms with Gasteiger partial charge in [-0.2, -0.15) is 0 Å². The van der Waals surface area contributed by atoms with Crippen molar-refractivity contribution in [1.82, 2.24) is 0 Å². The van der Waals surface area contributed by atoms with Crippen LogP contribution in [0.5, 0.6) is 0 Å². The number of phosphoric acid groups is 1. The highest BCUT2D eigenvalue weighted by Gasteiger charge is 2.26. The van der Waals surface area contributed by atoms with Crippen molar-refractivity contribution in [3.63, 3.8) is 0 Å². The average Bonchev–Trinajstić information content (AvgIpc) is 3.46. The lowest BCUT2D eigenvalue weighted by molar-refractivity contribution is -0.161. The van der Waals surface area contributed by atoms with Crippen LogP contribution in [0.15, 0.2) is 109 Å². The monoisotopic (exact) mass is 1150 g/mol. The third-order valence-electron chi connectivity index (χ3n) is 14.1. The minimum absolute atomic E-state index is 0.0501. The van der Waals surface area contributed by atoms with Crippen molar-refractivity contribution in [3.05, 3.63) is 109 Å². The first-order valence-corrected chi connectivity index (χ1v) is 34.9. The lowest BCUT2D eigenvalue weighted by Crippen LogP contribution is -2.29. The number of hydrogen-bond donors (Lipinski definition) is 2. The molecule has 9 nitrogen and oxygen atoms in total. The Labute approximate surface area is 499 Å². The summed E-state index contributed by atoms with van der Waals surface area (Å²) in [4.78, 5) is 35.3. The first-order chi connectivity index (χ1) is 39.8. The summed E-state index contributed by atoms with van der Waals surface area (Å²) in [7, 11) is -4.40. The van der Waals surface area contributed by atoms with E-state index in [9.17, 15) is 19.0 Å². The number of nitrogens with two attached hydrogens (primary N) is 1. The smallest absolute Gasteiger partial charge is 0.462 e. The SMILES string of the molecule is CC/C=C\C/C=C\C/C=C\C/C=C\C/C=C\C/C=C\C/C=C\CCCCCCCCCCCCCCCCCC(=O)OC(COC(=O)CCCCCCCCCCCCC/C=C\C/C=C\CCCCCCC)COP(=O)(O)OCCN. The second-order valence-electron chi connectivity index (χ2n) is 22.0. The number of esters is 2. The van der Waals surface area contributed by atoms with Gasteiger partial charge in [-0.25, -0.2) is 4.57 Å². The van der Waals surface area contributed by atoms with Crippen LogP contribution in [-0.4, -0.2) is 49.3 Å². The van der Waals surface area contributed by atoms with Gasteiger partial charge >= 0.3 is 19.8 Å². The van der Waals surface area contributed by atoms with Gasteiger partial charge in [0.15, 0.2) is 6.10 Å². The molecule has 0 saturated heterocycles. The summed E-state index contributed by atoms with van der Waals surface area (Å²) in [6.07, 6.45) is 90.2. The van der Waals surface area contributed by atoms with E-state index >= 15 is 0 Å². The molecule has 0 aromatic carbocycles. The number of carbonyl (C=O) groups excluding carboxylic acids is 2. The molecule has 0 spiro atoms. The molecule has 0 heterocycles. The van der Waals surface area contributed by atoms with E-state index in [1.165, 1.54) is 173 Å². The molecule has 3 N–H and O–H groups in total. The van der Waals surface area contributed by atoms with E-state index < -0.39 is 26.5 Å². The molecule has 0 aromatic heterocycles. The minimum atomic E-state index is -4.40. The molecule has 0 amide bonds. The van der Waals surface area contributed by atoms with E-state index in [1.807, 2.05) is 0 Å². The van der Waals surface area contributed by atoms with Crippen LogP contribution in [0, 0.1) is 0 Å². The number of rotatable bonds is 62. The Morgan fingerprint density at radius 3 is 1.01 bits per heavy atom. The summed E-state index contributed by atoms with van der Waals surface area (Å²) in [5, 5.41) is 0. The summed E-state index contributed by atoms with van der Waals surface area (Å²) < 4.78 is 33.1. The van der Waals surface area contributed by atoms with Gasteiger partial charge in [0, 0.05) is 19.4 Å². The molecule has 2 atom stereocenters. The second-order valence-corrected chi connectivity index (χ2v) is 23.4. The summed E-state index contributed by atoms with van der Waals surface area (Å²) in [5.74, 6) is -0.825. The molecule has 466 valence electrons. The Morgan fingerprint density at radius 2 is 0.679 bits per heavy atom. The zero-order valence-corrected chi connectivity index (χ0v) is 53.1. The molecule has 0 aliphatic rings. The van der Waals surface area contributed by atoms with Gasteiger partial charge in [-0.15, -0.1) is 0 Å². The van der Waals surface area contributed by atoms with E-state index in [2.05, 4.69) is 123 Å². The summed E-state index contributed by atoms with van der Waals surface area (Å²) in [6.45, 7) is 3.64. The Balaban J connectivity index is 3.90. The molecule has 0 radical (unpaired) electrons. The summed E-state index contributed by atoms with van der Waals surface area (Å²) in [6, 6.07) is 0. The van der Waals surface area contributed by atoms with Crippen molar-refractivity contribution in [2.45, 2.75) is 302 Å². The van der Waals surface area contributed by atoms with Crippen LogP contribution in [-0.2, 0) is 32.7 Å². The Bertz CT molecular complexity index is 1690. The first-order valence-electron chi connectivity index (χ1n) is 33.4. The average molecular weight is 1150 g/mol. The van der Waals surface area contributed by atoms with Crippen molar-refractivity contribution < 1.29 is 37.6 Å². The fourth-order valence-electron chi connectivity index (χ4n) is 9.24. The molecule has 2 unspecified atom stereocenters. The second kappa shape index (κ2) is 65.8. The predicted molar refractivity (Wildman–Crippen MR) is 348 cm³/mol. The summed E-state index contributed by atoms with van der Waals surface area (Å²) >= 11 is 0. The van der Waals surface area contributed by atoms with Crippen LogP contribution in [0.1, 0.15) is 296 Å². The van der Waals surface area contributed by atoms with Crippen LogP contribution >= 0.6 is 7.82 Å². The van der Waals surface area contributed by atoms with E-state index in [0.29, 0.717) is 6.42 Å². The minimum Gasteiger partial charge on any atom is -0.462 e. The Morgan fingerprint density at radius 1 is 0.383 bits per heavy atom. The number of unbranched alkanes of at least 4 members (excludes halogenated alkanes) is 31. The molecule has 10 heteroatoms. The normalized spacial score (nSPS) is 13.7. The van der Waals surface area contributed by atoms with Gasteiger partial charge in [-0.05, 0) is 103 Å². The van der Waals surface area contributed by atoms with Gasteiger partial charge < -0.3 is 20.1 Å². The highest BCUT2D eigenvalue weighted by molar-refractivity contribution is 7.47. The standard InChI is InChI=1S/C71H124NO8P/c1-3-5-7-9-11-13-15-17-19-21-23-25-27-28-29-30-31-32-33-34-35-36-37-38-39-40-42-44-46-48-50-52-54-56-58-60-62-64-71(74)80-69(68-79-81(75,76)78-66-65-72)67-77-70(73)63-61-59-57-55-53-51-49-47-45-43-41-26-24-22-20-18-16-14-12-10-8-6-4-2/h5,7,11,13,16-19,22-25,28-29,31-32,34-35,69H,3-4,6,8-10,12,14-15,20-21,26-27,30,33,36-68,72H2,1-2H3,(H,75,76)/b7-5-,13-11-,18-16-,19-17-,24-22-,25-23-,29-28-,32-31-,35-34-. The number of ether oxygens (including phenoxy) is 2. The van der Waals surface area contributed by atoms with Crippen molar-refractivity contribution in [2.24, 2.45) is 5.73 Å². The third kappa shape index (κ3) is 65.7. The van der Waals surface area contributed by atoms with Gasteiger partial charge in [0.25, 0.3) is 0 Å². The molecular formula is C71H124NO8P. The zero-order chi connectivity index (χ0) is 58.7. The van der Waals surface area contributed by atoms with Crippen LogP contribution in [0.4, 0.5) is 0 Å². The molecule has 0 aliphatic carbocycles. The van der Waals surface area contributed by atoms with Crippen LogP contribution in [0.3, 0.4) is 0 Å². The number of phosphoric ester groups is 1.